The number of aromatic nitrogens is 4. The van der Waals surface area contributed by atoms with E-state index in [1.165, 1.54) is 14.0 Å². The van der Waals surface area contributed by atoms with Gasteiger partial charge in [-0.05, 0) is 38.0 Å². The fraction of sp³-hybridized carbons (Fsp3) is 0.280. The van der Waals surface area contributed by atoms with E-state index in [-0.39, 0.29) is 24.6 Å². The third kappa shape index (κ3) is 4.24. The number of likely N-dealkylation sites (N-methyl/N-ethyl adjacent to an activating group) is 1. The average molecular weight is 446 g/mol. The van der Waals surface area contributed by atoms with Crippen LogP contribution >= 0.6 is 0 Å². The monoisotopic (exact) mass is 445 g/mol. The van der Waals surface area contributed by atoms with Crippen LogP contribution < -0.4 is 16.1 Å². The minimum Gasteiger partial charge on any atom is -0.314 e. The van der Waals surface area contributed by atoms with Gasteiger partial charge in [0.15, 0.2) is 5.52 Å². The average Bonchev–Trinajstić information content (AvgIpc) is 3.18. The molecule has 2 aromatic carbocycles. The molecule has 1 amide bonds. The van der Waals surface area contributed by atoms with Crippen LogP contribution in [0, 0.1) is 6.92 Å². The first kappa shape index (κ1) is 22.3. The number of benzene rings is 2. The maximum absolute atomic E-state index is 13.5. The van der Waals surface area contributed by atoms with Crippen molar-refractivity contribution in [1.82, 2.24) is 18.9 Å². The van der Waals surface area contributed by atoms with Gasteiger partial charge in [0.2, 0.25) is 5.91 Å². The van der Waals surface area contributed by atoms with Crippen molar-refractivity contribution in [1.29, 1.82) is 0 Å². The quantitative estimate of drug-likeness (QED) is 0.438. The summed E-state index contributed by atoms with van der Waals surface area (Å²) < 4.78 is 4.21. The van der Waals surface area contributed by atoms with E-state index in [0.717, 1.165) is 11.3 Å². The van der Waals surface area contributed by atoms with Crippen LogP contribution in [0.2, 0.25) is 0 Å². The van der Waals surface area contributed by atoms with Gasteiger partial charge in [-0.1, -0.05) is 48.5 Å². The minimum absolute atomic E-state index is 0.192. The lowest BCUT2D eigenvalue weighted by atomic mass is 10.1. The number of para-hydroxylation sites is 1. The number of hydrogen-bond acceptors (Lipinski definition) is 4. The lowest BCUT2D eigenvalue weighted by molar-refractivity contribution is -0.118. The molecule has 0 unspecified atom stereocenters. The number of hydrogen-bond donors (Lipinski definition) is 0. The van der Waals surface area contributed by atoms with Gasteiger partial charge in [-0.25, -0.2) is 4.79 Å². The zero-order chi connectivity index (χ0) is 23.5. The Hall–Kier alpha value is -3.94. The smallest absolute Gasteiger partial charge is 0.314 e. The van der Waals surface area contributed by atoms with E-state index in [1.807, 2.05) is 67.6 Å². The Labute approximate surface area is 191 Å². The molecule has 0 spiro atoms. The molecule has 0 aliphatic heterocycles. The van der Waals surface area contributed by atoms with Crippen molar-refractivity contribution in [3.8, 4) is 0 Å². The van der Waals surface area contributed by atoms with E-state index < -0.39 is 5.69 Å². The second-order valence-corrected chi connectivity index (χ2v) is 7.95. The highest BCUT2D eigenvalue weighted by Gasteiger charge is 2.22. The van der Waals surface area contributed by atoms with Crippen molar-refractivity contribution in [2.45, 2.75) is 39.9 Å². The van der Waals surface area contributed by atoms with Crippen LogP contribution in [0.15, 0.2) is 70.3 Å². The Bertz CT molecular complexity index is 1400. The second kappa shape index (κ2) is 9.28. The van der Waals surface area contributed by atoms with E-state index in [1.54, 1.807) is 18.7 Å². The van der Waals surface area contributed by atoms with Gasteiger partial charge in [-0.3, -0.25) is 23.4 Å². The number of amides is 1. The first-order valence-corrected chi connectivity index (χ1v) is 11.0. The third-order valence-electron chi connectivity index (χ3n) is 5.85. The normalized spacial score (nSPS) is 11.1. The summed E-state index contributed by atoms with van der Waals surface area (Å²) in [4.78, 5) is 41.5. The first-order chi connectivity index (χ1) is 15.9. The molecule has 0 atom stereocenters. The fourth-order valence-corrected chi connectivity index (χ4v) is 4.06. The van der Waals surface area contributed by atoms with Crippen LogP contribution in [0.5, 0.6) is 0 Å². The minimum atomic E-state index is -0.503. The van der Waals surface area contributed by atoms with Gasteiger partial charge in [0.1, 0.15) is 12.1 Å². The predicted molar refractivity (Wildman–Crippen MR) is 129 cm³/mol. The Morgan fingerprint density at radius 2 is 1.58 bits per heavy atom. The standard InChI is InChI=1S/C25H27N5O3/c1-4-30-23-22(18(2)26-30)29(17-21(31)27(3)20-13-9-6-10-14-20)25(33)28(24(23)32)16-15-19-11-7-5-8-12-19/h5-14H,4,15-17H2,1-3H3. The number of nitrogens with zero attached hydrogens (tertiary/aromatic N) is 5. The van der Waals surface area contributed by atoms with Crippen molar-refractivity contribution in [3.05, 3.63) is 92.8 Å². The number of aryl methyl sites for hydroxylation is 3. The zero-order valence-electron chi connectivity index (χ0n) is 19.1. The number of fused-ring (bicyclic) bond motifs is 1. The number of carbonyl (C=O) groups excluding carboxylic acids is 1. The van der Waals surface area contributed by atoms with Gasteiger partial charge in [0.05, 0.1) is 5.69 Å². The molecule has 0 saturated carbocycles. The molecule has 2 heterocycles. The molecule has 0 aliphatic carbocycles. The number of anilines is 1. The van der Waals surface area contributed by atoms with Crippen LogP contribution in [0.1, 0.15) is 18.2 Å². The first-order valence-electron chi connectivity index (χ1n) is 11.0. The van der Waals surface area contributed by atoms with Crippen LogP contribution in [-0.4, -0.2) is 31.9 Å². The van der Waals surface area contributed by atoms with Gasteiger partial charge >= 0.3 is 5.69 Å². The number of rotatable bonds is 7. The number of carbonyl (C=O) groups is 1. The maximum atomic E-state index is 13.5. The zero-order valence-corrected chi connectivity index (χ0v) is 19.1. The lowest BCUT2D eigenvalue weighted by Crippen LogP contribution is -2.43. The SMILES string of the molecule is CCn1nc(C)c2c1c(=O)n(CCc1ccccc1)c(=O)n2CC(=O)N(C)c1ccccc1. The van der Waals surface area contributed by atoms with Crippen molar-refractivity contribution in [2.75, 3.05) is 11.9 Å². The summed E-state index contributed by atoms with van der Waals surface area (Å²) in [6, 6.07) is 18.9. The highest BCUT2D eigenvalue weighted by Crippen LogP contribution is 2.16. The molecule has 33 heavy (non-hydrogen) atoms. The molecule has 2 aromatic heterocycles. The lowest BCUT2D eigenvalue weighted by Gasteiger charge is -2.19. The van der Waals surface area contributed by atoms with Gasteiger partial charge in [-0.2, -0.15) is 5.10 Å². The van der Waals surface area contributed by atoms with Gasteiger partial charge in [-0.15, -0.1) is 0 Å². The summed E-state index contributed by atoms with van der Waals surface area (Å²) in [7, 11) is 1.67. The Morgan fingerprint density at radius 1 is 0.939 bits per heavy atom. The highest BCUT2D eigenvalue weighted by molar-refractivity contribution is 5.93. The molecule has 0 saturated heterocycles. The Morgan fingerprint density at radius 3 is 2.21 bits per heavy atom. The Balaban J connectivity index is 1.80. The Kier molecular flexibility index (Phi) is 6.26. The third-order valence-corrected chi connectivity index (χ3v) is 5.85. The molecule has 0 N–H and O–H groups in total. The molecule has 170 valence electrons. The van der Waals surface area contributed by atoms with E-state index in [9.17, 15) is 14.4 Å². The van der Waals surface area contributed by atoms with Crippen molar-refractivity contribution >= 4 is 22.6 Å². The van der Waals surface area contributed by atoms with E-state index in [0.29, 0.717) is 29.7 Å². The van der Waals surface area contributed by atoms with Crippen LogP contribution in [0.3, 0.4) is 0 Å². The molecule has 0 aliphatic rings. The molecule has 4 rings (SSSR count). The second-order valence-electron chi connectivity index (χ2n) is 7.95. The maximum Gasteiger partial charge on any atom is 0.332 e. The van der Waals surface area contributed by atoms with Crippen molar-refractivity contribution < 1.29 is 4.79 Å². The van der Waals surface area contributed by atoms with Gasteiger partial charge < -0.3 is 4.90 Å². The summed E-state index contributed by atoms with van der Waals surface area (Å²) in [6.07, 6.45) is 0.526. The summed E-state index contributed by atoms with van der Waals surface area (Å²) in [6.45, 7) is 4.15. The largest absolute Gasteiger partial charge is 0.332 e. The van der Waals surface area contributed by atoms with Crippen LogP contribution in [0.25, 0.3) is 11.0 Å². The topological polar surface area (TPSA) is 82.1 Å². The van der Waals surface area contributed by atoms with E-state index in [2.05, 4.69) is 5.10 Å². The van der Waals surface area contributed by atoms with E-state index >= 15 is 0 Å². The molecule has 0 radical (unpaired) electrons. The van der Waals surface area contributed by atoms with Crippen LogP contribution in [-0.2, 0) is 30.8 Å². The molecule has 4 aromatic rings. The van der Waals surface area contributed by atoms with Gasteiger partial charge in [0, 0.05) is 25.8 Å². The van der Waals surface area contributed by atoms with Crippen molar-refractivity contribution in [3.63, 3.8) is 0 Å². The summed E-state index contributed by atoms with van der Waals surface area (Å²) in [5.74, 6) is -0.262. The molecule has 8 nitrogen and oxygen atoms in total. The summed E-state index contributed by atoms with van der Waals surface area (Å²) >= 11 is 0. The fourth-order valence-electron chi connectivity index (χ4n) is 4.06. The summed E-state index contributed by atoms with van der Waals surface area (Å²) in [5.41, 5.74) is 2.17. The highest BCUT2D eigenvalue weighted by atomic mass is 16.2. The molecule has 0 bridgehead atoms. The van der Waals surface area contributed by atoms with E-state index in [4.69, 9.17) is 0 Å². The summed E-state index contributed by atoms with van der Waals surface area (Å²) in [5, 5.41) is 4.46. The molecule has 0 fully saturated rings. The van der Waals surface area contributed by atoms with Crippen LogP contribution in [0.4, 0.5) is 5.69 Å². The molecular formula is C25H27N5O3. The molecular weight excluding hydrogens is 418 g/mol. The predicted octanol–water partition coefficient (Wildman–Crippen LogP) is 2.59. The van der Waals surface area contributed by atoms with Crippen molar-refractivity contribution in [2.24, 2.45) is 0 Å². The van der Waals surface area contributed by atoms with Gasteiger partial charge in [0.25, 0.3) is 5.56 Å². The molecule has 8 heteroatoms.